The molecule has 1 aromatic rings. The monoisotopic (exact) mass is 446 g/mol. The summed E-state index contributed by atoms with van der Waals surface area (Å²) in [5, 5.41) is 4.70. The predicted molar refractivity (Wildman–Crippen MR) is 107 cm³/mol. The van der Waals surface area contributed by atoms with Gasteiger partial charge < -0.3 is 20.1 Å². The first-order valence-corrected chi connectivity index (χ1v) is 9.88. The van der Waals surface area contributed by atoms with Gasteiger partial charge in [0.1, 0.15) is 17.7 Å². The van der Waals surface area contributed by atoms with Crippen molar-refractivity contribution in [1.29, 1.82) is 0 Å². The third kappa shape index (κ3) is 11.3. The summed E-state index contributed by atoms with van der Waals surface area (Å²) in [7, 11) is 0. The molecule has 10 heteroatoms. The van der Waals surface area contributed by atoms with Crippen LogP contribution in [0.25, 0.3) is 0 Å². The number of nitrogens with one attached hydrogen (secondary N) is 2. The minimum atomic E-state index is -4.51. The zero-order valence-electron chi connectivity index (χ0n) is 18.0. The topological polar surface area (TPSA) is 93.7 Å². The second-order valence-electron chi connectivity index (χ2n) is 7.86. The van der Waals surface area contributed by atoms with Crippen LogP contribution in [0.4, 0.5) is 18.0 Å². The van der Waals surface area contributed by atoms with Gasteiger partial charge in [-0.1, -0.05) is 30.3 Å². The van der Waals surface area contributed by atoms with E-state index in [4.69, 9.17) is 9.47 Å². The number of alkyl halides is 3. The van der Waals surface area contributed by atoms with E-state index in [0.29, 0.717) is 5.56 Å². The molecule has 2 amide bonds. The van der Waals surface area contributed by atoms with Crippen LogP contribution in [-0.2, 0) is 25.5 Å². The van der Waals surface area contributed by atoms with Crippen LogP contribution in [0.1, 0.15) is 46.1 Å². The van der Waals surface area contributed by atoms with Crippen molar-refractivity contribution in [2.75, 3.05) is 6.61 Å². The van der Waals surface area contributed by atoms with E-state index in [1.54, 1.807) is 51.1 Å². The maximum Gasteiger partial charge on any atom is 0.408 e. The summed E-state index contributed by atoms with van der Waals surface area (Å²) in [6.07, 6.45) is -7.29. The number of rotatable bonds is 9. The first kappa shape index (κ1) is 26.3. The number of ether oxygens (including phenoxy) is 2. The fraction of sp³-hybridized carbons (Fsp3) is 0.571. The molecule has 7 nitrogen and oxygen atoms in total. The fourth-order valence-electron chi connectivity index (χ4n) is 2.58. The molecule has 1 unspecified atom stereocenters. The van der Waals surface area contributed by atoms with Gasteiger partial charge in [-0.05, 0) is 39.7 Å². The number of carbonyl (C=O) groups excluding carboxylic acids is 3. The van der Waals surface area contributed by atoms with E-state index in [0.717, 1.165) is 0 Å². The van der Waals surface area contributed by atoms with Gasteiger partial charge in [0.2, 0.25) is 5.91 Å². The van der Waals surface area contributed by atoms with Crippen molar-refractivity contribution in [3.8, 4) is 0 Å². The number of benzene rings is 1. The quantitative estimate of drug-likeness (QED) is 0.566. The lowest BCUT2D eigenvalue weighted by Crippen LogP contribution is -2.53. The van der Waals surface area contributed by atoms with E-state index in [1.165, 1.54) is 6.92 Å². The number of alkyl carbamates (subject to hydrolysis) is 1. The van der Waals surface area contributed by atoms with Crippen LogP contribution in [0.5, 0.6) is 0 Å². The van der Waals surface area contributed by atoms with Gasteiger partial charge in [0, 0.05) is 12.8 Å². The summed E-state index contributed by atoms with van der Waals surface area (Å²) in [6, 6.07) is 6.01. The Morgan fingerprint density at radius 2 is 1.61 bits per heavy atom. The lowest BCUT2D eigenvalue weighted by molar-refractivity contribution is -0.152. The Morgan fingerprint density at radius 1 is 1.00 bits per heavy atom. The second kappa shape index (κ2) is 11.6. The van der Waals surface area contributed by atoms with E-state index >= 15 is 0 Å². The van der Waals surface area contributed by atoms with Gasteiger partial charge in [-0.2, -0.15) is 13.2 Å². The first-order chi connectivity index (χ1) is 14.3. The average molecular weight is 446 g/mol. The Hall–Kier alpha value is -2.78. The van der Waals surface area contributed by atoms with Gasteiger partial charge in [-0.3, -0.25) is 4.79 Å². The Labute approximate surface area is 179 Å². The highest BCUT2D eigenvalue weighted by atomic mass is 19.4. The first-order valence-electron chi connectivity index (χ1n) is 9.88. The third-order valence-corrected chi connectivity index (χ3v) is 3.89. The highest BCUT2D eigenvalue weighted by molar-refractivity contribution is 5.89. The molecule has 0 radical (unpaired) electrons. The van der Waals surface area contributed by atoms with Gasteiger partial charge in [0.25, 0.3) is 0 Å². The number of esters is 1. The second-order valence-corrected chi connectivity index (χ2v) is 7.86. The van der Waals surface area contributed by atoms with Gasteiger partial charge >= 0.3 is 18.2 Å². The van der Waals surface area contributed by atoms with Crippen molar-refractivity contribution >= 4 is 18.0 Å². The zero-order chi connectivity index (χ0) is 23.7. The largest absolute Gasteiger partial charge is 0.464 e. The molecule has 31 heavy (non-hydrogen) atoms. The number of amides is 2. The van der Waals surface area contributed by atoms with Crippen molar-refractivity contribution in [2.24, 2.45) is 0 Å². The number of hydrogen-bond donors (Lipinski definition) is 2. The van der Waals surface area contributed by atoms with Gasteiger partial charge in [-0.25, -0.2) is 9.59 Å². The SMILES string of the molecule is CCOC(=O)C(CCC(F)(F)F)NC(=O)[C@@H](Cc1ccccc1)NC(=O)OC(C)(C)C. The molecule has 1 aromatic carbocycles. The summed E-state index contributed by atoms with van der Waals surface area (Å²) in [4.78, 5) is 37.1. The van der Waals surface area contributed by atoms with Crippen LogP contribution in [0.2, 0.25) is 0 Å². The summed E-state index contributed by atoms with van der Waals surface area (Å²) in [5.41, 5.74) is -0.125. The van der Waals surface area contributed by atoms with Crippen LogP contribution < -0.4 is 10.6 Å². The maximum absolute atomic E-state index is 12.8. The van der Waals surface area contributed by atoms with Crippen LogP contribution >= 0.6 is 0 Å². The summed E-state index contributed by atoms with van der Waals surface area (Å²) in [6.45, 7) is 6.38. The highest BCUT2D eigenvalue weighted by Crippen LogP contribution is 2.22. The Bertz CT molecular complexity index is 733. The molecule has 0 aliphatic heterocycles. The van der Waals surface area contributed by atoms with Crippen molar-refractivity contribution in [2.45, 2.75) is 70.8 Å². The van der Waals surface area contributed by atoms with E-state index in [2.05, 4.69) is 10.6 Å². The molecule has 0 aliphatic carbocycles. The number of halogens is 3. The Balaban J connectivity index is 2.99. The molecule has 0 aromatic heterocycles. The predicted octanol–water partition coefficient (Wildman–Crippen LogP) is 3.51. The third-order valence-electron chi connectivity index (χ3n) is 3.89. The molecule has 1 rings (SSSR count). The Morgan fingerprint density at radius 3 is 2.13 bits per heavy atom. The molecule has 2 N–H and O–H groups in total. The van der Waals surface area contributed by atoms with Crippen LogP contribution in [-0.4, -0.2) is 48.4 Å². The molecule has 2 atom stereocenters. The molecule has 0 bridgehead atoms. The summed E-state index contributed by atoms with van der Waals surface area (Å²) < 4.78 is 47.9. The molecule has 0 saturated carbocycles. The zero-order valence-corrected chi connectivity index (χ0v) is 18.0. The normalized spacial score (nSPS) is 13.6. The molecular weight excluding hydrogens is 417 g/mol. The molecule has 0 aliphatic rings. The lowest BCUT2D eigenvalue weighted by atomic mass is 10.0. The minimum absolute atomic E-state index is 0.0424. The average Bonchev–Trinajstić information content (AvgIpc) is 2.63. The van der Waals surface area contributed by atoms with Crippen molar-refractivity contribution in [3.63, 3.8) is 0 Å². The smallest absolute Gasteiger partial charge is 0.408 e. The molecular formula is C21H29F3N2O5. The van der Waals surface area contributed by atoms with Crippen molar-refractivity contribution < 1.29 is 37.0 Å². The minimum Gasteiger partial charge on any atom is -0.464 e. The standard InChI is InChI=1S/C21H29F3N2O5/c1-5-30-18(28)15(11-12-21(22,23)24)25-17(27)16(13-14-9-7-6-8-10-14)26-19(29)31-20(2,3)4/h6-10,15-16H,5,11-13H2,1-4H3,(H,25,27)(H,26,29)/t15?,16-/m1/s1. The van der Waals surface area contributed by atoms with Gasteiger partial charge in [0.05, 0.1) is 6.61 Å². The Kier molecular flexibility index (Phi) is 9.80. The van der Waals surface area contributed by atoms with Gasteiger partial charge in [0.15, 0.2) is 0 Å². The molecule has 174 valence electrons. The van der Waals surface area contributed by atoms with E-state index < -0.39 is 54.7 Å². The van der Waals surface area contributed by atoms with E-state index in [1.807, 2.05) is 0 Å². The van der Waals surface area contributed by atoms with Crippen LogP contribution in [0.15, 0.2) is 30.3 Å². The number of hydrogen-bond acceptors (Lipinski definition) is 5. The maximum atomic E-state index is 12.8. The molecule has 0 saturated heterocycles. The highest BCUT2D eigenvalue weighted by Gasteiger charge is 2.33. The van der Waals surface area contributed by atoms with Crippen molar-refractivity contribution in [1.82, 2.24) is 10.6 Å². The lowest BCUT2D eigenvalue weighted by Gasteiger charge is -2.25. The van der Waals surface area contributed by atoms with E-state index in [9.17, 15) is 27.6 Å². The number of carbonyl (C=O) groups is 3. The summed E-state index contributed by atoms with van der Waals surface area (Å²) in [5.74, 6) is -1.80. The van der Waals surface area contributed by atoms with Crippen LogP contribution in [0.3, 0.4) is 0 Å². The van der Waals surface area contributed by atoms with Crippen LogP contribution in [0, 0.1) is 0 Å². The van der Waals surface area contributed by atoms with Gasteiger partial charge in [-0.15, -0.1) is 0 Å². The van der Waals surface area contributed by atoms with Crippen molar-refractivity contribution in [3.05, 3.63) is 35.9 Å². The fourth-order valence-corrected chi connectivity index (χ4v) is 2.58. The molecule has 0 fully saturated rings. The molecule has 0 spiro atoms. The van der Waals surface area contributed by atoms with E-state index in [-0.39, 0.29) is 13.0 Å². The summed E-state index contributed by atoms with van der Waals surface area (Å²) >= 11 is 0. The molecule has 0 heterocycles.